The molecule has 0 spiro atoms. The number of hydrogen-bond donors (Lipinski definition) is 1. The molecule has 1 N–H and O–H groups in total. The molecule has 0 unspecified atom stereocenters. The van der Waals surface area contributed by atoms with Crippen molar-refractivity contribution in [2.24, 2.45) is 0 Å². The van der Waals surface area contributed by atoms with E-state index in [-0.39, 0.29) is 0 Å². The lowest BCUT2D eigenvalue weighted by Crippen LogP contribution is -2.23. The number of benzene rings is 1. The summed E-state index contributed by atoms with van der Waals surface area (Å²) in [7, 11) is 0. The average Bonchev–Trinajstić information content (AvgIpc) is 2.72. The minimum atomic E-state index is 0.548. The first kappa shape index (κ1) is 12.9. The molecule has 1 heterocycles. The number of nitrogens with one attached hydrogen (secondary N) is 1. The van der Waals surface area contributed by atoms with E-state index in [0.29, 0.717) is 6.04 Å². The van der Waals surface area contributed by atoms with Crippen LogP contribution in [0.3, 0.4) is 0 Å². The Morgan fingerprint density at radius 2 is 2.17 bits per heavy atom. The van der Waals surface area contributed by atoms with E-state index < -0.39 is 0 Å². The second-order valence-electron chi connectivity index (χ2n) is 4.94. The van der Waals surface area contributed by atoms with Gasteiger partial charge in [0.15, 0.2) is 0 Å². The predicted molar refractivity (Wildman–Crippen MR) is 77.7 cm³/mol. The third-order valence-electron chi connectivity index (χ3n) is 2.91. The minimum absolute atomic E-state index is 0.548. The zero-order valence-electron chi connectivity index (χ0n) is 11.4. The largest absolute Gasteiger partial charge is 0.456 e. The Labute approximate surface area is 109 Å². The summed E-state index contributed by atoms with van der Waals surface area (Å²) in [4.78, 5) is 0. The van der Waals surface area contributed by atoms with Crippen LogP contribution in [0.15, 0.2) is 34.8 Å². The fourth-order valence-corrected chi connectivity index (χ4v) is 1.97. The zero-order valence-corrected chi connectivity index (χ0v) is 11.4. The number of rotatable bonds is 5. The van der Waals surface area contributed by atoms with Crippen molar-refractivity contribution < 1.29 is 4.42 Å². The van der Waals surface area contributed by atoms with Crippen molar-refractivity contribution in [3.05, 3.63) is 41.7 Å². The highest BCUT2D eigenvalue weighted by Gasteiger charge is 2.02. The fourth-order valence-electron chi connectivity index (χ4n) is 1.97. The highest BCUT2D eigenvalue weighted by atomic mass is 16.3. The van der Waals surface area contributed by atoms with Crippen molar-refractivity contribution in [3.8, 4) is 0 Å². The molecule has 0 atom stereocenters. The topological polar surface area (TPSA) is 25.2 Å². The molecule has 0 aliphatic carbocycles. The molecule has 0 fully saturated rings. The van der Waals surface area contributed by atoms with Crippen molar-refractivity contribution in [1.82, 2.24) is 5.32 Å². The number of para-hydroxylation sites is 1. The molecule has 0 saturated carbocycles. The van der Waals surface area contributed by atoms with Gasteiger partial charge in [0, 0.05) is 11.4 Å². The maximum Gasteiger partial charge on any atom is 0.137 e. The summed E-state index contributed by atoms with van der Waals surface area (Å²) in [5.41, 5.74) is 2.19. The van der Waals surface area contributed by atoms with Gasteiger partial charge in [-0.2, -0.15) is 0 Å². The van der Waals surface area contributed by atoms with E-state index in [0.717, 1.165) is 24.3 Å². The first-order valence-electron chi connectivity index (χ1n) is 6.56. The Balaban J connectivity index is 1.99. The third kappa shape index (κ3) is 3.23. The van der Waals surface area contributed by atoms with Crippen molar-refractivity contribution in [3.63, 3.8) is 0 Å². The second-order valence-corrected chi connectivity index (χ2v) is 4.94. The van der Waals surface area contributed by atoms with Gasteiger partial charge in [-0.25, -0.2) is 0 Å². The van der Waals surface area contributed by atoms with Crippen LogP contribution < -0.4 is 5.32 Å². The Morgan fingerprint density at radius 1 is 1.33 bits per heavy atom. The number of fused-ring (bicyclic) bond motifs is 1. The van der Waals surface area contributed by atoms with E-state index in [4.69, 9.17) is 4.42 Å². The van der Waals surface area contributed by atoms with Crippen molar-refractivity contribution in [2.75, 3.05) is 6.54 Å². The van der Waals surface area contributed by atoms with Crippen LogP contribution in [-0.4, -0.2) is 12.6 Å². The lowest BCUT2D eigenvalue weighted by molar-refractivity contribution is 0.592. The molecule has 2 aromatic rings. The molecule has 2 nitrogen and oxygen atoms in total. The van der Waals surface area contributed by atoms with Gasteiger partial charge in [0.2, 0.25) is 0 Å². The normalized spacial score (nSPS) is 12.0. The highest BCUT2D eigenvalue weighted by Crippen LogP contribution is 2.23. The molecular formula is C16H21NO. The highest BCUT2D eigenvalue weighted by molar-refractivity contribution is 5.82. The molecule has 0 aliphatic heterocycles. The van der Waals surface area contributed by atoms with E-state index in [1.807, 2.05) is 0 Å². The first-order chi connectivity index (χ1) is 8.66. The number of furan rings is 1. The monoisotopic (exact) mass is 243 g/mol. The lowest BCUT2D eigenvalue weighted by Gasteiger charge is -2.04. The Bertz CT molecular complexity index is 537. The van der Waals surface area contributed by atoms with Gasteiger partial charge in [0.05, 0.1) is 0 Å². The van der Waals surface area contributed by atoms with Crippen LogP contribution in [0.1, 0.15) is 31.6 Å². The summed E-state index contributed by atoms with van der Waals surface area (Å²) in [5, 5.41) is 4.56. The smallest absolute Gasteiger partial charge is 0.137 e. The van der Waals surface area contributed by atoms with Gasteiger partial charge in [0.25, 0.3) is 0 Å². The van der Waals surface area contributed by atoms with Crippen molar-refractivity contribution in [1.29, 1.82) is 0 Å². The lowest BCUT2D eigenvalue weighted by atomic mass is 10.2. The van der Waals surface area contributed by atoms with E-state index in [1.54, 1.807) is 0 Å². The fraction of sp³-hybridized carbons (Fsp3) is 0.375. The molecule has 2 heteroatoms. The van der Waals surface area contributed by atoms with Crippen LogP contribution in [0.4, 0.5) is 0 Å². The van der Waals surface area contributed by atoms with Gasteiger partial charge in [-0.05, 0) is 37.6 Å². The Morgan fingerprint density at radius 3 is 2.89 bits per heavy atom. The first-order valence-corrected chi connectivity index (χ1v) is 6.56. The van der Waals surface area contributed by atoms with Crippen LogP contribution in [-0.2, 0) is 0 Å². The summed E-state index contributed by atoms with van der Waals surface area (Å²) in [6.45, 7) is 7.40. The SMILES string of the molecule is Cc1cccc2cc(/C=C/CCNC(C)C)oc12. The second kappa shape index (κ2) is 5.87. The molecule has 0 saturated heterocycles. The van der Waals surface area contributed by atoms with Gasteiger partial charge in [0.1, 0.15) is 11.3 Å². The summed E-state index contributed by atoms with van der Waals surface area (Å²) in [6.07, 6.45) is 5.23. The number of aryl methyl sites for hydroxylation is 1. The van der Waals surface area contributed by atoms with Crippen LogP contribution in [0.5, 0.6) is 0 Å². The van der Waals surface area contributed by atoms with Gasteiger partial charge >= 0.3 is 0 Å². The standard InChI is InChI=1S/C16H21NO/c1-12(2)17-10-5-4-9-15-11-14-8-6-7-13(3)16(14)18-15/h4,6-9,11-12,17H,5,10H2,1-3H3/b9-4+. The molecule has 1 aromatic carbocycles. The van der Waals surface area contributed by atoms with Crippen molar-refractivity contribution in [2.45, 2.75) is 33.2 Å². The van der Waals surface area contributed by atoms with Gasteiger partial charge in [-0.3, -0.25) is 0 Å². The van der Waals surface area contributed by atoms with Gasteiger partial charge < -0.3 is 9.73 Å². The molecule has 18 heavy (non-hydrogen) atoms. The van der Waals surface area contributed by atoms with E-state index in [2.05, 4.69) is 62.5 Å². The van der Waals surface area contributed by atoms with Gasteiger partial charge in [-0.1, -0.05) is 38.1 Å². The van der Waals surface area contributed by atoms with Crippen molar-refractivity contribution >= 4 is 17.0 Å². The van der Waals surface area contributed by atoms with Crippen LogP contribution >= 0.6 is 0 Å². The van der Waals surface area contributed by atoms with E-state index in [9.17, 15) is 0 Å². The molecule has 2 rings (SSSR count). The molecule has 0 radical (unpaired) electrons. The van der Waals surface area contributed by atoms with E-state index >= 15 is 0 Å². The quantitative estimate of drug-likeness (QED) is 0.798. The summed E-state index contributed by atoms with van der Waals surface area (Å²) < 4.78 is 5.82. The molecule has 1 aromatic heterocycles. The maximum absolute atomic E-state index is 5.82. The molecule has 0 amide bonds. The van der Waals surface area contributed by atoms with E-state index in [1.165, 1.54) is 10.9 Å². The Hall–Kier alpha value is -1.54. The zero-order chi connectivity index (χ0) is 13.0. The third-order valence-corrected chi connectivity index (χ3v) is 2.91. The molecular weight excluding hydrogens is 222 g/mol. The predicted octanol–water partition coefficient (Wildman–Crippen LogP) is 4.14. The minimum Gasteiger partial charge on any atom is -0.456 e. The Kier molecular flexibility index (Phi) is 4.21. The summed E-state index contributed by atoms with van der Waals surface area (Å²) in [6, 6.07) is 8.87. The van der Waals surface area contributed by atoms with Crippen LogP contribution in [0.2, 0.25) is 0 Å². The average molecular weight is 243 g/mol. The summed E-state index contributed by atoms with van der Waals surface area (Å²) in [5.74, 6) is 0.934. The van der Waals surface area contributed by atoms with Crippen LogP contribution in [0, 0.1) is 6.92 Å². The molecule has 0 bridgehead atoms. The number of hydrogen-bond acceptors (Lipinski definition) is 2. The maximum atomic E-state index is 5.82. The summed E-state index contributed by atoms with van der Waals surface area (Å²) >= 11 is 0. The molecule has 96 valence electrons. The molecule has 0 aliphatic rings. The van der Waals surface area contributed by atoms with Crippen LogP contribution in [0.25, 0.3) is 17.0 Å². The van der Waals surface area contributed by atoms with Gasteiger partial charge in [-0.15, -0.1) is 0 Å².